The number of hydrogen-bond donors (Lipinski definition) is 0. The summed E-state index contributed by atoms with van der Waals surface area (Å²) in [6.45, 7) is 0. The van der Waals surface area contributed by atoms with Crippen LogP contribution in [0.25, 0.3) is 0 Å². The van der Waals surface area contributed by atoms with Gasteiger partial charge in [-0.25, -0.2) is 0 Å². The Bertz CT molecular complexity index is 404. The molecule has 0 aliphatic heterocycles. The number of hydrogen-bond acceptors (Lipinski definition) is 0. The van der Waals surface area contributed by atoms with Gasteiger partial charge in [0.15, 0.2) is 0 Å². The van der Waals surface area contributed by atoms with Crippen LogP contribution in [0.1, 0.15) is 6.42 Å². The van der Waals surface area contributed by atoms with Crippen molar-refractivity contribution in [1.29, 1.82) is 0 Å². The predicted molar refractivity (Wildman–Crippen MR) is 73.0 cm³/mol. The summed E-state index contributed by atoms with van der Waals surface area (Å²) in [6.07, 6.45) is 8.18. The predicted octanol–water partition coefficient (Wildman–Crippen LogP) is 2.95. The van der Waals surface area contributed by atoms with Crippen LogP contribution < -0.4 is 5.19 Å². The summed E-state index contributed by atoms with van der Waals surface area (Å²) in [5.74, 6) is 0. The van der Waals surface area contributed by atoms with E-state index in [-0.39, 0.29) is 9.52 Å². The summed E-state index contributed by atoms with van der Waals surface area (Å²) in [7, 11) is -0.0376. The van der Waals surface area contributed by atoms with Crippen LogP contribution in [0.4, 0.5) is 0 Å². The summed E-state index contributed by atoms with van der Waals surface area (Å²) in [5.41, 5.74) is 0. The van der Waals surface area contributed by atoms with Gasteiger partial charge in [-0.15, -0.1) is 0 Å². The standard InChI is InChI=1S/C7H9Si.C5H5.2CH3.Pt/c1-8-7-5-3-2-4-6-7;1-2-4-5-3-1;;;/h2-6H,1,8H2;1-3H,4H2;2*1H3;. The third kappa shape index (κ3) is 3.05. The fourth-order valence-corrected chi connectivity index (χ4v) is 14.3. The third-order valence-electron chi connectivity index (χ3n) is 2.86. The van der Waals surface area contributed by atoms with Gasteiger partial charge in [0.25, 0.3) is 0 Å². The molecule has 0 amide bonds. The molecule has 0 saturated heterocycles. The van der Waals surface area contributed by atoms with Gasteiger partial charge in [0.05, 0.1) is 0 Å². The summed E-state index contributed by atoms with van der Waals surface area (Å²) >= 11 is -1.54. The Labute approximate surface area is 104 Å². The van der Waals surface area contributed by atoms with Gasteiger partial charge >= 0.3 is 105 Å². The van der Waals surface area contributed by atoms with Crippen LogP contribution in [0.3, 0.4) is 0 Å². The number of allylic oxidation sites excluding steroid dienone is 4. The molecule has 0 nitrogen and oxygen atoms in total. The molecular weight excluding hydrogens is 391 g/mol. The zero-order valence-corrected chi connectivity index (χ0v) is 13.7. The van der Waals surface area contributed by atoms with Crippen molar-refractivity contribution in [2.75, 3.05) is 0 Å². The van der Waals surface area contributed by atoms with E-state index in [1.54, 1.807) is 13.6 Å². The molecule has 16 heavy (non-hydrogen) atoms. The van der Waals surface area contributed by atoms with Gasteiger partial charge in [-0.3, -0.25) is 0 Å². The average molecular weight is 411 g/mol. The first-order valence-electron chi connectivity index (χ1n) is 5.50. The second-order valence-electron chi connectivity index (χ2n) is 4.29. The first kappa shape index (κ1) is 12.1. The van der Waals surface area contributed by atoms with Gasteiger partial charge in [-0.05, 0) is 0 Å². The fraction of sp³-hybridized carbons (Fsp3) is 0.286. The van der Waals surface area contributed by atoms with Crippen molar-refractivity contribution in [3.63, 3.8) is 0 Å². The molecule has 1 aliphatic carbocycles. The van der Waals surface area contributed by atoms with Crippen LogP contribution >= 0.6 is 0 Å². The normalized spacial score (nSPS) is 17.0. The van der Waals surface area contributed by atoms with E-state index in [1.807, 2.05) is 0 Å². The van der Waals surface area contributed by atoms with E-state index in [4.69, 9.17) is 0 Å². The molecule has 0 N–H and O–H groups in total. The molecule has 0 unspecified atom stereocenters. The molecule has 0 saturated carbocycles. The molecule has 0 spiro atoms. The Balaban J connectivity index is 1.95. The van der Waals surface area contributed by atoms with Gasteiger partial charge in [0.1, 0.15) is 0 Å². The molecule has 90 valence electrons. The van der Waals surface area contributed by atoms with E-state index in [1.165, 1.54) is 6.42 Å². The quantitative estimate of drug-likeness (QED) is 0.669. The molecular formula is C14H20PtSi. The van der Waals surface area contributed by atoms with Crippen LogP contribution in [-0.4, -0.2) is 9.52 Å². The molecule has 0 aromatic heterocycles. The van der Waals surface area contributed by atoms with Crippen molar-refractivity contribution in [1.82, 2.24) is 0 Å². The molecule has 1 aliphatic rings. The molecule has 2 rings (SSSR count). The average Bonchev–Trinajstić information content (AvgIpc) is 2.82. The Morgan fingerprint density at radius 1 is 1.19 bits per heavy atom. The van der Waals surface area contributed by atoms with Crippen molar-refractivity contribution in [2.45, 2.75) is 21.5 Å². The molecule has 0 atom stereocenters. The van der Waals surface area contributed by atoms with Crippen molar-refractivity contribution in [2.24, 2.45) is 0 Å². The molecule has 1 aromatic rings. The van der Waals surface area contributed by atoms with E-state index in [2.05, 4.69) is 59.2 Å². The Kier molecular flexibility index (Phi) is 3.99. The van der Waals surface area contributed by atoms with Crippen molar-refractivity contribution in [3.05, 3.63) is 52.5 Å². The van der Waals surface area contributed by atoms with Gasteiger partial charge in [-0.2, -0.15) is 0 Å². The van der Waals surface area contributed by atoms with Crippen LogP contribution in [-0.2, 0) is 16.1 Å². The van der Waals surface area contributed by atoms with Gasteiger partial charge in [0.2, 0.25) is 0 Å². The van der Waals surface area contributed by atoms with E-state index in [0.29, 0.717) is 0 Å². The summed E-state index contributed by atoms with van der Waals surface area (Å²) < 4.78 is 3.33. The van der Waals surface area contributed by atoms with E-state index < -0.39 is 16.1 Å². The zero-order chi connectivity index (χ0) is 11.4. The summed E-state index contributed by atoms with van der Waals surface area (Å²) in [4.78, 5) is 0. The van der Waals surface area contributed by atoms with Crippen LogP contribution in [0.15, 0.2) is 52.5 Å². The van der Waals surface area contributed by atoms with Gasteiger partial charge < -0.3 is 0 Å². The molecule has 0 radical (unpaired) electrons. The first-order chi connectivity index (χ1) is 7.68. The topological polar surface area (TPSA) is 0 Å². The second kappa shape index (κ2) is 5.29. The molecule has 1 aromatic carbocycles. The van der Waals surface area contributed by atoms with Crippen LogP contribution in [0, 0.1) is 0 Å². The fourth-order valence-electron chi connectivity index (χ4n) is 1.76. The first-order valence-corrected chi connectivity index (χ1v) is 14.5. The Morgan fingerprint density at radius 3 is 2.56 bits per heavy atom. The SMILES string of the molecule is [CH3][Pt]([CH3])([CH2][SiH2]c1ccccc1)[C]1=CC=CC1. The van der Waals surface area contributed by atoms with Gasteiger partial charge in [-0.1, -0.05) is 0 Å². The van der Waals surface area contributed by atoms with Crippen LogP contribution in [0.5, 0.6) is 0 Å². The van der Waals surface area contributed by atoms with Crippen molar-refractivity contribution >= 4 is 14.7 Å². The molecule has 0 fully saturated rings. The molecule has 0 heterocycles. The minimum absolute atomic E-state index is 0.0376. The van der Waals surface area contributed by atoms with E-state index in [0.717, 1.165) is 0 Å². The minimum atomic E-state index is -1.54. The van der Waals surface area contributed by atoms with Gasteiger partial charge in [0, 0.05) is 0 Å². The molecule has 0 bridgehead atoms. The van der Waals surface area contributed by atoms with E-state index in [9.17, 15) is 0 Å². The number of benzene rings is 1. The Hall–Kier alpha value is -0.395. The zero-order valence-electron chi connectivity index (χ0n) is 10.1. The Morgan fingerprint density at radius 2 is 1.94 bits per heavy atom. The summed E-state index contributed by atoms with van der Waals surface area (Å²) in [5, 5.41) is 6.77. The third-order valence-corrected chi connectivity index (χ3v) is 19.9. The number of rotatable bonds is 4. The monoisotopic (exact) mass is 411 g/mol. The summed E-state index contributed by atoms with van der Waals surface area (Å²) in [6, 6.07) is 11.1. The maximum atomic E-state index is 2.57. The maximum absolute atomic E-state index is 2.57. The van der Waals surface area contributed by atoms with Crippen molar-refractivity contribution < 1.29 is 16.1 Å². The molecule has 2 heteroatoms. The second-order valence-corrected chi connectivity index (χ2v) is 19.4. The van der Waals surface area contributed by atoms with Crippen LogP contribution in [0.2, 0.25) is 15.1 Å². The van der Waals surface area contributed by atoms with Crippen molar-refractivity contribution in [3.8, 4) is 0 Å². The van der Waals surface area contributed by atoms with E-state index >= 15 is 0 Å².